The molecule has 0 atom stereocenters. The Labute approximate surface area is 204 Å². The lowest BCUT2D eigenvalue weighted by Gasteiger charge is -2.09. The third-order valence-electron chi connectivity index (χ3n) is 5.56. The highest BCUT2D eigenvalue weighted by Crippen LogP contribution is 2.22. The quantitative estimate of drug-likeness (QED) is 0.397. The number of fused-ring (bicyclic) bond motifs is 1. The Morgan fingerprint density at radius 2 is 1.63 bits per heavy atom. The minimum absolute atomic E-state index is 0.0255. The lowest BCUT2D eigenvalue weighted by molar-refractivity contribution is 0.0600. The third-order valence-corrected chi connectivity index (χ3v) is 6.77. The standard InChI is InChI=1S/C25H23N3O6S/c1-27-23-19(12-20(35-23)21(29)26-13-15-6-10-18(33-2)11-7-15)22(30)28(25(27)32)14-16-4-8-17(9-5-16)24(31)34-3/h4-12H,13-14H2,1-3H3,(H,26,29). The Hall–Kier alpha value is -4.18. The molecule has 2 aromatic carbocycles. The van der Waals surface area contributed by atoms with Gasteiger partial charge < -0.3 is 14.8 Å². The van der Waals surface area contributed by atoms with Crippen molar-refractivity contribution < 1.29 is 19.1 Å². The van der Waals surface area contributed by atoms with E-state index in [0.29, 0.717) is 27.4 Å². The number of esters is 1. The van der Waals surface area contributed by atoms with E-state index in [1.54, 1.807) is 38.4 Å². The monoisotopic (exact) mass is 493 g/mol. The van der Waals surface area contributed by atoms with Gasteiger partial charge in [0.1, 0.15) is 10.6 Å². The largest absolute Gasteiger partial charge is 0.497 e. The Bertz CT molecular complexity index is 1510. The number of rotatable bonds is 7. The summed E-state index contributed by atoms with van der Waals surface area (Å²) in [5.74, 6) is -0.0814. The normalized spacial score (nSPS) is 10.8. The van der Waals surface area contributed by atoms with Crippen molar-refractivity contribution in [3.05, 3.63) is 97.0 Å². The molecule has 0 unspecified atom stereocenters. The minimum atomic E-state index is -0.494. The van der Waals surface area contributed by atoms with Crippen molar-refractivity contribution in [1.29, 1.82) is 0 Å². The lowest BCUT2D eigenvalue weighted by Crippen LogP contribution is -2.38. The van der Waals surface area contributed by atoms with Crippen LogP contribution in [0.4, 0.5) is 0 Å². The highest BCUT2D eigenvalue weighted by Gasteiger charge is 2.18. The van der Waals surface area contributed by atoms with E-state index in [2.05, 4.69) is 10.1 Å². The molecule has 1 N–H and O–H groups in total. The number of thiophene rings is 1. The summed E-state index contributed by atoms with van der Waals surface area (Å²) in [4.78, 5) is 51.2. The van der Waals surface area contributed by atoms with Crippen LogP contribution in [-0.4, -0.2) is 35.2 Å². The molecule has 2 aromatic heterocycles. The van der Waals surface area contributed by atoms with Crippen LogP contribution >= 0.6 is 11.3 Å². The number of methoxy groups -OCH3 is 2. The molecule has 9 nitrogen and oxygen atoms in total. The molecule has 0 aliphatic carbocycles. The van der Waals surface area contributed by atoms with Crippen LogP contribution in [-0.2, 0) is 24.9 Å². The van der Waals surface area contributed by atoms with Gasteiger partial charge in [0, 0.05) is 13.6 Å². The number of ether oxygens (including phenoxy) is 2. The van der Waals surface area contributed by atoms with E-state index in [-0.39, 0.29) is 17.8 Å². The lowest BCUT2D eigenvalue weighted by atomic mass is 10.1. The number of nitrogens with zero attached hydrogens (tertiary/aromatic N) is 2. The number of aromatic nitrogens is 2. The smallest absolute Gasteiger partial charge is 0.337 e. The molecule has 2 heterocycles. The van der Waals surface area contributed by atoms with Gasteiger partial charge in [-0.3, -0.25) is 18.7 Å². The van der Waals surface area contributed by atoms with E-state index in [9.17, 15) is 19.2 Å². The second-order valence-electron chi connectivity index (χ2n) is 7.78. The molecular formula is C25H23N3O6S. The number of hydrogen-bond donors (Lipinski definition) is 1. The zero-order valence-corrected chi connectivity index (χ0v) is 20.2. The fraction of sp³-hybridized carbons (Fsp3) is 0.200. The Kier molecular flexibility index (Phi) is 6.83. The second kappa shape index (κ2) is 9.98. The summed E-state index contributed by atoms with van der Waals surface area (Å²) in [5, 5.41) is 3.13. The first-order valence-corrected chi connectivity index (χ1v) is 11.5. The first-order chi connectivity index (χ1) is 16.8. The summed E-state index contributed by atoms with van der Waals surface area (Å²) < 4.78 is 12.3. The maximum Gasteiger partial charge on any atom is 0.337 e. The first kappa shape index (κ1) is 24.0. The SMILES string of the molecule is COC(=O)c1ccc(Cn2c(=O)c3cc(C(=O)NCc4ccc(OC)cc4)sc3n(C)c2=O)cc1. The Balaban J connectivity index is 1.59. The van der Waals surface area contributed by atoms with Crippen molar-refractivity contribution in [2.45, 2.75) is 13.1 Å². The second-order valence-corrected chi connectivity index (χ2v) is 8.81. The third kappa shape index (κ3) is 4.87. The molecule has 35 heavy (non-hydrogen) atoms. The van der Waals surface area contributed by atoms with Gasteiger partial charge in [-0.25, -0.2) is 9.59 Å². The number of carbonyl (C=O) groups excluding carboxylic acids is 2. The van der Waals surface area contributed by atoms with E-state index >= 15 is 0 Å². The molecule has 0 radical (unpaired) electrons. The molecule has 0 fully saturated rings. The van der Waals surface area contributed by atoms with Gasteiger partial charge in [0.15, 0.2) is 0 Å². The number of hydrogen-bond acceptors (Lipinski definition) is 7. The number of aryl methyl sites for hydroxylation is 1. The number of amides is 1. The molecule has 0 spiro atoms. The Morgan fingerprint density at radius 1 is 0.971 bits per heavy atom. The van der Waals surface area contributed by atoms with Crippen LogP contribution in [0.5, 0.6) is 5.75 Å². The molecule has 0 aliphatic rings. The van der Waals surface area contributed by atoms with Gasteiger partial charge in [-0.05, 0) is 41.5 Å². The van der Waals surface area contributed by atoms with Crippen molar-refractivity contribution in [2.75, 3.05) is 14.2 Å². The zero-order chi connectivity index (χ0) is 25.1. The number of nitrogens with one attached hydrogen (secondary N) is 1. The summed E-state index contributed by atoms with van der Waals surface area (Å²) in [7, 11) is 4.44. The number of benzene rings is 2. The van der Waals surface area contributed by atoms with Crippen LogP contribution < -0.4 is 21.3 Å². The van der Waals surface area contributed by atoms with Crippen molar-refractivity contribution in [3.63, 3.8) is 0 Å². The molecule has 180 valence electrons. The minimum Gasteiger partial charge on any atom is -0.497 e. The van der Waals surface area contributed by atoms with Gasteiger partial charge in [0.25, 0.3) is 11.5 Å². The zero-order valence-electron chi connectivity index (χ0n) is 19.4. The maximum atomic E-state index is 13.1. The van der Waals surface area contributed by atoms with Gasteiger partial charge in [0.2, 0.25) is 0 Å². The molecule has 0 bridgehead atoms. The van der Waals surface area contributed by atoms with Crippen molar-refractivity contribution in [1.82, 2.24) is 14.5 Å². The Morgan fingerprint density at radius 3 is 2.26 bits per heavy atom. The van der Waals surface area contributed by atoms with E-state index in [1.807, 2.05) is 24.3 Å². The summed E-state index contributed by atoms with van der Waals surface area (Å²) >= 11 is 1.09. The van der Waals surface area contributed by atoms with E-state index < -0.39 is 17.2 Å². The van der Waals surface area contributed by atoms with Crippen LogP contribution in [0, 0.1) is 0 Å². The fourth-order valence-corrected chi connectivity index (χ4v) is 4.62. The van der Waals surface area contributed by atoms with Gasteiger partial charge in [0.05, 0.1) is 36.6 Å². The van der Waals surface area contributed by atoms with Crippen molar-refractivity contribution in [3.8, 4) is 5.75 Å². The molecule has 10 heteroatoms. The molecule has 0 saturated carbocycles. The van der Waals surface area contributed by atoms with Crippen LogP contribution in [0.2, 0.25) is 0 Å². The van der Waals surface area contributed by atoms with E-state index in [4.69, 9.17) is 4.74 Å². The highest BCUT2D eigenvalue weighted by molar-refractivity contribution is 7.20. The van der Waals surface area contributed by atoms with Gasteiger partial charge >= 0.3 is 11.7 Å². The summed E-state index contributed by atoms with van der Waals surface area (Å²) in [5.41, 5.74) is 0.962. The average Bonchev–Trinajstić information content (AvgIpc) is 3.35. The highest BCUT2D eigenvalue weighted by atomic mass is 32.1. The van der Waals surface area contributed by atoms with Gasteiger partial charge in [-0.2, -0.15) is 0 Å². The van der Waals surface area contributed by atoms with Gasteiger partial charge in [-0.15, -0.1) is 11.3 Å². The van der Waals surface area contributed by atoms with Crippen LogP contribution in [0.1, 0.15) is 31.2 Å². The summed E-state index contributed by atoms with van der Waals surface area (Å²) in [6.07, 6.45) is 0. The van der Waals surface area contributed by atoms with E-state index in [0.717, 1.165) is 27.2 Å². The van der Waals surface area contributed by atoms with Gasteiger partial charge in [-0.1, -0.05) is 24.3 Å². The predicted octanol–water partition coefficient (Wildman–Crippen LogP) is 2.54. The summed E-state index contributed by atoms with van der Waals surface area (Å²) in [6.45, 7) is 0.333. The van der Waals surface area contributed by atoms with Crippen LogP contribution in [0.15, 0.2) is 64.2 Å². The molecule has 4 aromatic rings. The molecular weight excluding hydrogens is 470 g/mol. The maximum absolute atomic E-state index is 13.1. The van der Waals surface area contributed by atoms with Crippen LogP contribution in [0.3, 0.4) is 0 Å². The topological polar surface area (TPSA) is 109 Å². The summed E-state index contributed by atoms with van der Waals surface area (Å²) in [6, 6.07) is 15.3. The van der Waals surface area contributed by atoms with Crippen LogP contribution in [0.25, 0.3) is 10.2 Å². The molecule has 0 aliphatic heterocycles. The fourth-order valence-electron chi connectivity index (χ4n) is 3.59. The van der Waals surface area contributed by atoms with Crippen molar-refractivity contribution >= 4 is 33.4 Å². The number of carbonyl (C=O) groups is 2. The molecule has 4 rings (SSSR count). The first-order valence-electron chi connectivity index (χ1n) is 10.6. The molecule has 1 amide bonds. The predicted molar refractivity (Wildman–Crippen MR) is 132 cm³/mol. The van der Waals surface area contributed by atoms with Crippen molar-refractivity contribution in [2.24, 2.45) is 7.05 Å². The average molecular weight is 494 g/mol. The molecule has 0 saturated heterocycles. The van der Waals surface area contributed by atoms with E-state index in [1.165, 1.54) is 17.7 Å².